The Hall–Kier alpha value is -2.92. The third-order valence-corrected chi connectivity index (χ3v) is 5.40. The lowest BCUT2D eigenvalue weighted by molar-refractivity contribution is 0.0949. The number of nitrogens with zero attached hydrogens (tertiary/aromatic N) is 1. The van der Waals surface area contributed by atoms with Crippen LogP contribution in [-0.4, -0.2) is 18.4 Å². The molecule has 0 spiro atoms. The molecule has 0 radical (unpaired) electrons. The molecule has 3 aromatic carbocycles. The maximum atomic E-state index is 12.9. The van der Waals surface area contributed by atoms with Crippen molar-refractivity contribution in [2.75, 3.05) is 11.4 Å². The summed E-state index contributed by atoms with van der Waals surface area (Å²) in [4.78, 5) is 27.0. The summed E-state index contributed by atoms with van der Waals surface area (Å²) in [5.74, 6) is -0.111. The second-order valence-corrected chi connectivity index (χ2v) is 7.64. The molecule has 5 heteroatoms. The van der Waals surface area contributed by atoms with E-state index in [0.29, 0.717) is 24.2 Å². The molecule has 1 aliphatic rings. The van der Waals surface area contributed by atoms with Crippen molar-refractivity contribution in [1.29, 1.82) is 0 Å². The second-order valence-electron chi connectivity index (χ2n) is 6.73. The smallest absolute Gasteiger partial charge is 0.258 e. The van der Waals surface area contributed by atoms with Gasteiger partial charge in [0.15, 0.2) is 0 Å². The van der Waals surface area contributed by atoms with Crippen LogP contribution in [0.1, 0.15) is 31.8 Å². The highest BCUT2D eigenvalue weighted by Gasteiger charge is 2.25. The number of anilines is 1. The minimum atomic E-state index is -0.120. The van der Waals surface area contributed by atoms with Crippen LogP contribution in [-0.2, 0) is 13.0 Å². The van der Waals surface area contributed by atoms with Crippen molar-refractivity contribution in [2.24, 2.45) is 0 Å². The molecule has 3 aromatic rings. The first kappa shape index (κ1) is 18.4. The molecule has 4 rings (SSSR count). The zero-order valence-corrected chi connectivity index (χ0v) is 16.8. The van der Waals surface area contributed by atoms with Gasteiger partial charge >= 0.3 is 0 Å². The van der Waals surface area contributed by atoms with E-state index < -0.39 is 0 Å². The number of nitrogens with one attached hydrogen (secondary N) is 1. The van der Waals surface area contributed by atoms with E-state index in [1.54, 1.807) is 12.1 Å². The van der Waals surface area contributed by atoms with Crippen molar-refractivity contribution in [3.8, 4) is 0 Å². The van der Waals surface area contributed by atoms with Gasteiger partial charge in [-0.1, -0.05) is 46.3 Å². The highest BCUT2D eigenvalue weighted by molar-refractivity contribution is 9.10. The number of benzene rings is 3. The van der Waals surface area contributed by atoms with E-state index in [1.807, 2.05) is 59.5 Å². The first-order valence-corrected chi connectivity index (χ1v) is 9.93. The molecule has 1 aliphatic heterocycles. The molecule has 0 bridgehead atoms. The predicted molar refractivity (Wildman–Crippen MR) is 114 cm³/mol. The molecule has 0 atom stereocenters. The zero-order valence-electron chi connectivity index (χ0n) is 15.2. The van der Waals surface area contributed by atoms with Gasteiger partial charge in [-0.25, -0.2) is 0 Å². The van der Waals surface area contributed by atoms with E-state index in [4.69, 9.17) is 0 Å². The van der Waals surface area contributed by atoms with Crippen molar-refractivity contribution < 1.29 is 9.59 Å². The van der Waals surface area contributed by atoms with Crippen LogP contribution in [0.25, 0.3) is 0 Å². The fraction of sp³-hybridized carbons (Fsp3) is 0.130. The Morgan fingerprint density at radius 2 is 1.68 bits per heavy atom. The van der Waals surface area contributed by atoms with Crippen LogP contribution in [0, 0.1) is 0 Å². The summed E-state index contributed by atoms with van der Waals surface area (Å²) in [6, 6.07) is 22.6. The van der Waals surface area contributed by atoms with Gasteiger partial charge in [-0.15, -0.1) is 0 Å². The van der Waals surface area contributed by atoms with E-state index in [2.05, 4.69) is 27.3 Å². The number of amides is 2. The van der Waals surface area contributed by atoms with Gasteiger partial charge in [0.1, 0.15) is 0 Å². The van der Waals surface area contributed by atoms with E-state index in [-0.39, 0.29) is 11.8 Å². The summed E-state index contributed by atoms with van der Waals surface area (Å²) in [7, 11) is 0. The van der Waals surface area contributed by atoms with Crippen LogP contribution in [0.4, 0.5) is 5.69 Å². The summed E-state index contributed by atoms with van der Waals surface area (Å²) in [6.07, 6.45) is 0.847. The van der Waals surface area contributed by atoms with Crippen LogP contribution in [0.2, 0.25) is 0 Å². The molecule has 0 aliphatic carbocycles. The van der Waals surface area contributed by atoms with Gasteiger partial charge in [0.2, 0.25) is 0 Å². The molecule has 1 heterocycles. The average Bonchev–Trinajstić information content (AvgIpc) is 3.16. The maximum absolute atomic E-state index is 12.9. The second kappa shape index (κ2) is 7.98. The lowest BCUT2D eigenvalue weighted by atomic mass is 10.1. The van der Waals surface area contributed by atoms with Gasteiger partial charge in [0, 0.05) is 34.4 Å². The summed E-state index contributed by atoms with van der Waals surface area (Å²) in [5, 5.41) is 2.94. The predicted octanol–water partition coefficient (Wildman–Crippen LogP) is 4.58. The molecular weight excluding hydrogens is 416 g/mol. The molecule has 1 N–H and O–H groups in total. The molecule has 4 nitrogen and oxygen atoms in total. The highest BCUT2D eigenvalue weighted by Crippen LogP contribution is 2.30. The molecule has 2 amide bonds. The van der Waals surface area contributed by atoms with E-state index in [1.165, 1.54) is 0 Å². The quantitative estimate of drug-likeness (QED) is 0.652. The monoisotopic (exact) mass is 434 g/mol. The largest absolute Gasteiger partial charge is 0.348 e. The number of fused-ring (bicyclic) bond motifs is 1. The van der Waals surface area contributed by atoms with Gasteiger partial charge in [0.25, 0.3) is 11.8 Å². The van der Waals surface area contributed by atoms with Crippen molar-refractivity contribution in [3.63, 3.8) is 0 Å². The third kappa shape index (κ3) is 3.85. The van der Waals surface area contributed by atoms with Crippen LogP contribution in [0.5, 0.6) is 0 Å². The number of halogens is 1. The number of hydrogen-bond donors (Lipinski definition) is 1. The first-order chi connectivity index (χ1) is 13.6. The van der Waals surface area contributed by atoms with Crippen molar-refractivity contribution in [1.82, 2.24) is 5.32 Å². The van der Waals surface area contributed by atoms with Crippen LogP contribution >= 0.6 is 15.9 Å². The normalized spacial score (nSPS) is 12.5. The summed E-state index contributed by atoms with van der Waals surface area (Å²) < 4.78 is 0.936. The lowest BCUT2D eigenvalue weighted by Crippen LogP contribution is -2.29. The molecule has 0 fully saturated rings. The fourth-order valence-electron chi connectivity index (χ4n) is 3.37. The highest BCUT2D eigenvalue weighted by atomic mass is 79.9. The van der Waals surface area contributed by atoms with Crippen molar-refractivity contribution in [2.45, 2.75) is 13.0 Å². The summed E-state index contributed by atoms with van der Waals surface area (Å²) in [5.41, 5.74) is 4.36. The van der Waals surface area contributed by atoms with E-state index in [9.17, 15) is 9.59 Å². The SMILES string of the molecule is O=C(NCc1ccc2c(c1)N(C(=O)c1ccccc1)CC2)c1ccc(Br)cc1. The molecule has 0 saturated heterocycles. The van der Waals surface area contributed by atoms with Gasteiger partial charge in [0.05, 0.1) is 0 Å². The molecule has 0 aromatic heterocycles. The number of carbonyl (C=O) groups excluding carboxylic acids is 2. The average molecular weight is 435 g/mol. The number of hydrogen-bond acceptors (Lipinski definition) is 2. The Morgan fingerprint density at radius 1 is 0.929 bits per heavy atom. The zero-order chi connectivity index (χ0) is 19.5. The van der Waals surface area contributed by atoms with Crippen molar-refractivity contribution in [3.05, 3.63) is 99.5 Å². The Morgan fingerprint density at radius 3 is 2.43 bits per heavy atom. The van der Waals surface area contributed by atoms with Crippen LogP contribution in [0.15, 0.2) is 77.3 Å². The lowest BCUT2D eigenvalue weighted by Gasteiger charge is -2.18. The standard InChI is InChI=1S/C23H19BrN2O2/c24-20-10-8-18(9-11-20)22(27)25-15-16-6-7-17-12-13-26(21(17)14-16)23(28)19-4-2-1-3-5-19/h1-11,14H,12-13,15H2,(H,25,27). The molecule has 0 unspecified atom stereocenters. The fourth-order valence-corrected chi connectivity index (χ4v) is 3.63. The van der Waals surface area contributed by atoms with E-state index >= 15 is 0 Å². The topological polar surface area (TPSA) is 49.4 Å². The number of rotatable bonds is 4. The third-order valence-electron chi connectivity index (χ3n) is 4.87. The minimum Gasteiger partial charge on any atom is -0.348 e. The van der Waals surface area contributed by atoms with Crippen LogP contribution in [0.3, 0.4) is 0 Å². The summed E-state index contributed by atoms with van der Waals surface area (Å²) >= 11 is 3.37. The maximum Gasteiger partial charge on any atom is 0.258 e. The van der Waals surface area contributed by atoms with Gasteiger partial charge in [-0.3, -0.25) is 9.59 Å². The van der Waals surface area contributed by atoms with Crippen LogP contribution < -0.4 is 10.2 Å². The Bertz CT molecular complexity index is 1020. The Kier molecular flexibility index (Phi) is 5.26. The molecular formula is C23H19BrN2O2. The number of carbonyl (C=O) groups is 2. The Labute approximate surface area is 172 Å². The molecule has 0 saturated carbocycles. The van der Waals surface area contributed by atoms with E-state index in [0.717, 1.165) is 27.7 Å². The Balaban J connectivity index is 1.48. The molecule has 140 valence electrons. The first-order valence-electron chi connectivity index (χ1n) is 9.14. The van der Waals surface area contributed by atoms with Gasteiger partial charge in [-0.2, -0.15) is 0 Å². The van der Waals surface area contributed by atoms with Gasteiger partial charge in [-0.05, 0) is 60.0 Å². The molecule has 28 heavy (non-hydrogen) atoms. The summed E-state index contributed by atoms with van der Waals surface area (Å²) in [6.45, 7) is 1.09. The van der Waals surface area contributed by atoms with Crippen molar-refractivity contribution >= 4 is 33.4 Å². The minimum absolute atomic E-state index is 0.00963. The van der Waals surface area contributed by atoms with Gasteiger partial charge < -0.3 is 10.2 Å².